The van der Waals surface area contributed by atoms with E-state index < -0.39 is 0 Å². The van der Waals surface area contributed by atoms with Crippen molar-refractivity contribution >= 4 is 0 Å². The molecular formula is C25H35N3O. The van der Waals surface area contributed by atoms with Gasteiger partial charge in [0.15, 0.2) is 0 Å². The molecule has 0 spiro atoms. The van der Waals surface area contributed by atoms with E-state index in [4.69, 9.17) is 4.98 Å². The second kappa shape index (κ2) is 7.10. The molecule has 4 rings (SSSR count). The maximum Gasteiger partial charge on any atom is 0.128 e. The van der Waals surface area contributed by atoms with E-state index in [0.717, 1.165) is 48.7 Å². The number of rotatable bonds is 2. The van der Waals surface area contributed by atoms with Gasteiger partial charge in [-0.05, 0) is 41.0 Å². The molecule has 0 saturated carbocycles. The molecule has 156 valence electrons. The van der Waals surface area contributed by atoms with Crippen molar-refractivity contribution in [2.45, 2.75) is 65.0 Å². The van der Waals surface area contributed by atoms with Gasteiger partial charge in [0.1, 0.15) is 11.9 Å². The van der Waals surface area contributed by atoms with Gasteiger partial charge in [0.25, 0.3) is 0 Å². The summed E-state index contributed by atoms with van der Waals surface area (Å²) in [4.78, 5) is 10.1. The number of hydrogen-bond acceptors (Lipinski definition) is 4. The zero-order valence-electron chi connectivity index (χ0n) is 18.8. The van der Waals surface area contributed by atoms with E-state index in [1.54, 1.807) is 0 Å². The van der Waals surface area contributed by atoms with Crippen LogP contribution >= 0.6 is 0 Å². The van der Waals surface area contributed by atoms with Crippen LogP contribution < -0.4 is 0 Å². The normalized spacial score (nSPS) is 24.7. The van der Waals surface area contributed by atoms with Crippen molar-refractivity contribution in [2.75, 3.05) is 26.2 Å². The van der Waals surface area contributed by atoms with Crippen molar-refractivity contribution in [1.29, 1.82) is 0 Å². The molecule has 1 aromatic heterocycles. The summed E-state index contributed by atoms with van der Waals surface area (Å²) in [5, 5.41) is 11.2. The lowest BCUT2D eigenvalue weighted by atomic mass is 9.78. The lowest BCUT2D eigenvalue weighted by Gasteiger charge is -2.34. The van der Waals surface area contributed by atoms with Gasteiger partial charge in [-0.3, -0.25) is 9.80 Å². The molecule has 0 radical (unpaired) electrons. The highest BCUT2D eigenvalue weighted by molar-refractivity contribution is 5.71. The molecule has 2 aliphatic rings. The van der Waals surface area contributed by atoms with Crippen molar-refractivity contribution in [3.05, 3.63) is 47.2 Å². The van der Waals surface area contributed by atoms with Crippen LogP contribution in [-0.2, 0) is 10.8 Å². The van der Waals surface area contributed by atoms with Crippen LogP contribution in [-0.4, -0.2) is 46.1 Å². The Balaban J connectivity index is 1.83. The quantitative estimate of drug-likeness (QED) is 0.773. The molecule has 2 saturated heterocycles. The Morgan fingerprint density at radius 3 is 2.14 bits per heavy atom. The molecule has 29 heavy (non-hydrogen) atoms. The van der Waals surface area contributed by atoms with Gasteiger partial charge < -0.3 is 5.11 Å². The molecule has 4 nitrogen and oxygen atoms in total. The molecule has 3 heterocycles. The highest BCUT2D eigenvalue weighted by atomic mass is 16.3. The van der Waals surface area contributed by atoms with Gasteiger partial charge in [0.2, 0.25) is 0 Å². The molecule has 1 aromatic carbocycles. The van der Waals surface area contributed by atoms with Crippen LogP contribution in [0.5, 0.6) is 5.75 Å². The maximum absolute atomic E-state index is 11.2. The lowest BCUT2D eigenvalue weighted by Crippen LogP contribution is -2.38. The van der Waals surface area contributed by atoms with Gasteiger partial charge in [-0.25, -0.2) is 4.98 Å². The third-order valence-corrected chi connectivity index (χ3v) is 6.35. The summed E-state index contributed by atoms with van der Waals surface area (Å²) in [6.45, 7) is 17.7. The number of benzene rings is 1. The minimum atomic E-state index is -0.141. The SMILES string of the molecule is CC(C)(C)c1cc(-c2cccc(C3N4CCCN3CC4)n2)c(O)c(C(C)(C)C)c1. The number of fused-ring (bicyclic) bond motifs is 2. The summed E-state index contributed by atoms with van der Waals surface area (Å²) in [5.74, 6) is 0.363. The summed E-state index contributed by atoms with van der Waals surface area (Å²) in [6.07, 6.45) is 1.51. The zero-order valence-corrected chi connectivity index (χ0v) is 18.8. The first-order valence-electron chi connectivity index (χ1n) is 10.9. The van der Waals surface area contributed by atoms with Gasteiger partial charge in [0, 0.05) is 37.3 Å². The average Bonchev–Trinajstić information content (AvgIpc) is 2.89. The van der Waals surface area contributed by atoms with E-state index in [1.165, 1.54) is 12.0 Å². The number of aromatic hydroxyl groups is 1. The molecular weight excluding hydrogens is 358 g/mol. The zero-order chi connectivity index (χ0) is 21.0. The number of nitrogens with zero attached hydrogens (tertiary/aromatic N) is 3. The minimum Gasteiger partial charge on any atom is -0.507 e. The summed E-state index contributed by atoms with van der Waals surface area (Å²) in [5.41, 5.74) is 4.88. The van der Waals surface area contributed by atoms with Crippen LogP contribution in [0, 0.1) is 0 Å². The second-order valence-corrected chi connectivity index (χ2v) is 10.7. The molecule has 2 atom stereocenters. The Labute approximate surface area is 175 Å². The van der Waals surface area contributed by atoms with Crippen molar-refractivity contribution in [3.63, 3.8) is 0 Å². The van der Waals surface area contributed by atoms with Crippen LogP contribution in [0.4, 0.5) is 0 Å². The fraction of sp³-hybridized carbons (Fsp3) is 0.560. The topological polar surface area (TPSA) is 39.6 Å². The standard InChI is InChI=1S/C25H35N3O/c1-24(2,3)17-15-18(22(29)19(16-17)25(4,5)6)20-9-7-10-21(26-20)23-27-11-8-12-28(23)14-13-27/h7,9-10,15-16,23,29H,8,11-14H2,1-6H3. The van der Waals surface area contributed by atoms with Gasteiger partial charge in [-0.2, -0.15) is 0 Å². The van der Waals surface area contributed by atoms with E-state index in [0.29, 0.717) is 5.75 Å². The van der Waals surface area contributed by atoms with E-state index in [1.807, 2.05) is 6.07 Å². The molecule has 4 heteroatoms. The third-order valence-electron chi connectivity index (χ3n) is 6.35. The number of hydrogen-bond donors (Lipinski definition) is 1. The smallest absolute Gasteiger partial charge is 0.128 e. The van der Waals surface area contributed by atoms with Crippen LogP contribution in [0.1, 0.15) is 70.9 Å². The molecule has 2 aromatic rings. The van der Waals surface area contributed by atoms with Gasteiger partial charge in [-0.1, -0.05) is 53.7 Å². The van der Waals surface area contributed by atoms with E-state index in [2.05, 4.69) is 75.6 Å². The lowest BCUT2D eigenvalue weighted by molar-refractivity contribution is 0.0894. The van der Waals surface area contributed by atoms with Crippen molar-refractivity contribution in [3.8, 4) is 17.0 Å². The Kier molecular flexibility index (Phi) is 4.99. The number of phenolic OH excluding ortho intramolecular Hbond substituents is 1. The van der Waals surface area contributed by atoms with Gasteiger partial charge >= 0.3 is 0 Å². The highest BCUT2D eigenvalue weighted by Gasteiger charge is 2.37. The van der Waals surface area contributed by atoms with Crippen LogP contribution in [0.15, 0.2) is 30.3 Å². The fourth-order valence-electron chi connectivity index (χ4n) is 4.63. The van der Waals surface area contributed by atoms with Gasteiger partial charge in [-0.15, -0.1) is 0 Å². The van der Waals surface area contributed by atoms with E-state index >= 15 is 0 Å². The van der Waals surface area contributed by atoms with Crippen molar-refractivity contribution in [1.82, 2.24) is 14.8 Å². The Hall–Kier alpha value is -1.91. The molecule has 2 bridgehead atoms. The monoisotopic (exact) mass is 393 g/mol. The van der Waals surface area contributed by atoms with Crippen LogP contribution in [0.2, 0.25) is 0 Å². The highest BCUT2D eigenvalue weighted by Crippen LogP contribution is 2.42. The van der Waals surface area contributed by atoms with Gasteiger partial charge in [0.05, 0.1) is 11.4 Å². The number of aromatic nitrogens is 1. The molecule has 0 amide bonds. The summed E-state index contributed by atoms with van der Waals surface area (Å²) < 4.78 is 0. The Morgan fingerprint density at radius 2 is 1.55 bits per heavy atom. The first kappa shape index (κ1) is 20.4. The maximum atomic E-state index is 11.2. The van der Waals surface area contributed by atoms with Crippen LogP contribution in [0.25, 0.3) is 11.3 Å². The van der Waals surface area contributed by atoms with E-state index in [9.17, 15) is 5.11 Å². The number of pyridine rings is 1. The largest absolute Gasteiger partial charge is 0.507 e. The molecule has 1 N–H and O–H groups in total. The predicted molar refractivity (Wildman–Crippen MR) is 119 cm³/mol. The third kappa shape index (κ3) is 3.80. The fourth-order valence-corrected chi connectivity index (χ4v) is 4.63. The van der Waals surface area contributed by atoms with Crippen molar-refractivity contribution < 1.29 is 5.11 Å². The summed E-state index contributed by atoms with van der Waals surface area (Å²) in [7, 11) is 0. The molecule has 2 fully saturated rings. The summed E-state index contributed by atoms with van der Waals surface area (Å²) >= 11 is 0. The summed E-state index contributed by atoms with van der Waals surface area (Å²) in [6, 6.07) is 10.6. The van der Waals surface area contributed by atoms with Crippen molar-refractivity contribution in [2.24, 2.45) is 0 Å². The first-order chi connectivity index (χ1) is 13.6. The minimum absolute atomic E-state index is 0.0000539. The first-order valence-corrected chi connectivity index (χ1v) is 10.9. The average molecular weight is 394 g/mol. The predicted octanol–water partition coefficient (Wildman–Crippen LogP) is 5.07. The second-order valence-electron chi connectivity index (χ2n) is 10.7. The molecule has 2 unspecified atom stereocenters. The number of phenols is 1. The van der Waals surface area contributed by atoms with Crippen LogP contribution in [0.3, 0.4) is 0 Å². The van der Waals surface area contributed by atoms with E-state index in [-0.39, 0.29) is 17.0 Å². The Bertz CT molecular complexity index is 891. The Morgan fingerprint density at radius 1 is 0.897 bits per heavy atom. The molecule has 2 aliphatic heterocycles. The molecule has 0 aliphatic carbocycles.